The normalized spacial score (nSPS) is 11.0. The van der Waals surface area contributed by atoms with Crippen molar-refractivity contribution in [2.45, 2.75) is 20.8 Å². The number of rotatable bonds is 3. The maximum Gasteiger partial charge on any atom is 0.257 e. The largest absolute Gasteiger partial charge is 0.436 e. The van der Waals surface area contributed by atoms with Gasteiger partial charge in [-0.2, -0.15) is 0 Å². The summed E-state index contributed by atoms with van der Waals surface area (Å²) in [6, 6.07) is 16.7. The second-order valence-corrected chi connectivity index (χ2v) is 7.27. The molecule has 4 aromatic rings. The summed E-state index contributed by atoms with van der Waals surface area (Å²) < 4.78 is 6.04. The van der Waals surface area contributed by atoms with Gasteiger partial charge in [0.1, 0.15) is 5.52 Å². The molecule has 4 rings (SSSR count). The number of nitrogens with one attached hydrogen (secondary N) is 1. The topological polar surface area (TPSA) is 55.1 Å². The molecule has 1 aromatic heterocycles. The molecule has 1 N–H and O–H groups in total. The van der Waals surface area contributed by atoms with Crippen LogP contribution in [0.25, 0.3) is 22.6 Å². The van der Waals surface area contributed by atoms with E-state index in [0.717, 1.165) is 33.4 Å². The Hall–Kier alpha value is -3.11. The number of aryl methyl sites for hydroxylation is 2. The molecule has 0 bridgehead atoms. The Kier molecular flexibility index (Phi) is 4.65. The first kappa shape index (κ1) is 18.3. The lowest BCUT2D eigenvalue weighted by molar-refractivity contribution is 0.102. The maximum atomic E-state index is 12.6. The Labute approximate surface area is 168 Å². The number of hydrogen-bond acceptors (Lipinski definition) is 3. The lowest BCUT2D eigenvalue weighted by Gasteiger charge is -2.11. The van der Waals surface area contributed by atoms with Crippen molar-refractivity contribution in [2.75, 3.05) is 5.32 Å². The summed E-state index contributed by atoms with van der Waals surface area (Å²) in [7, 11) is 0. The second kappa shape index (κ2) is 7.13. The van der Waals surface area contributed by atoms with Gasteiger partial charge in [0.05, 0.1) is 10.6 Å². The van der Waals surface area contributed by atoms with Crippen LogP contribution in [0, 0.1) is 20.8 Å². The molecule has 0 aliphatic heterocycles. The summed E-state index contributed by atoms with van der Waals surface area (Å²) in [5.41, 5.74) is 6.65. The van der Waals surface area contributed by atoms with E-state index in [0.29, 0.717) is 22.2 Å². The van der Waals surface area contributed by atoms with E-state index in [1.165, 1.54) is 0 Å². The van der Waals surface area contributed by atoms with Crippen LogP contribution in [0.1, 0.15) is 27.0 Å². The third-order valence-electron chi connectivity index (χ3n) is 4.75. The summed E-state index contributed by atoms with van der Waals surface area (Å²) in [4.78, 5) is 17.3. The number of fused-ring (bicyclic) bond motifs is 1. The van der Waals surface area contributed by atoms with Crippen LogP contribution in [0.5, 0.6) is 0 Å². The van der Waals surface area contributed by atoms with Crippen LogP contribution >= 0.6 is 11.6 Å². The van der Waals surface area contributed by atoms with Crippen molar-refractivity contribution < 1.29 is 9.21 Å². The van der Waals surface area contributed by atoms with Gasteiger partial charge in [0.15, 0.2) is 5.58 Å². The third kappa shape index (κ3) is 3.27. The minimum atomic E-state index is -0.255. The first-order valence-electron chi connectivity index (χ1n) is 8.97. The maximum absolute atomic E-state index is 12.6. The summed E-state index contributed by atoms with van der Waals surface area (Å²) in [5.74, 6) is 0.282. The number of carbonyl (C=O) groups is 1. The monoisotopic (exact) mass is 390 g/mol. The molecule has 0 aliphatic carbocycles. The molecule has 3 aromatic carbocycles. The van der Waals surface area contributed by atoms with E-state index in [4.69, 9.17) is 16.0 Å². The highest BCUT2D eigenvalue weighted by molar-refractivity contribution is 6.34. The second-order valence-electron chi connectivity index (χ2n) is 6.86. The summed E-state index contributed by atoms with van der Waals surface area (Å²) in [5, 5.41) is 3.35. The lowest BCUT2D eigenvalue weighted by atomic mass is 10.1. The fourth-order valence-electron chi connectivity index (χ4n) is 3.33. The average Bonchev–Trinajstić information content (AvgIpc) is 3.08. The Bertz CT molecular complexity index is 1210. The van der Waals surface area contributed by atoms with Gasteiger partial charge in [-0.1, -0.05) is 35.9 Å². The van der Waals surface area contributed by atoms with Gasteiger partial charge >= 0.3 is 0 Å². The molecule has 5 heteroatoms. The molecule has 140 valence electrons. The van der Waals surface area contributed by atoms with Crippen molar-refractivity contribution in [3.8, 4) is 11.5 Å². The SMILES string of the molecule is Cc1cc(C)c2oc(-c3cccc(NC(=O)c4ccccc4Cl)c3C)nc2c1. The van der Waals surface area contributed by atoms with E-state index in [9.17, 15) is 4.79 Å². The lowest BCUT2D eigenvalue weighted by Crippen LogP contribution is -2.13. The Balaban J connectivity index is 1.72. The standard InChI is InChI=1S/C23H19ClN2O2/c1-13-11-14(2)21-20(12-13)26-23(28-21)16-8-6-10-19(15(16)3)25-22(27)17-7-4-5-9-18(17)24/h4-12H,1-3H3,(H,25,27). The molecule has 0 spiro atoms. The van der Waals surface area contributed by atoms with Crippen LogP contribution in [0.2, 0.25) is 5.02 Å². The highest BCUT2D eigenvalue weighted by atomic mass is 35.5. The number of halogens is 1. The van der Waals surface area contributed by atoms with E-state index < -0.39 is 0 Å². The molecule has 1 heterocycles. The number of carbonyl (C=O) groups excluding carboxylic acids is 1. The molecule has 28 heavy (non-hydrogen) atoms. The molecular formula is C23H19ClN2O2. The molecule has 1 amide bonds. The first-order valence-corrected chi connectivity index (χ1v) is 9.35. The minimum absolute atomic E-state index is 0.255. The molecular weight excluding hydrogens is 372 g/mol. The van der Waals surface area contributed by atoms with Crippen molar-refractivity contribution >= 4 is 34.3 Å². The molecule has 0 radical (unpaired) electrons. The number of aromatic nitrogens is 1. The Morgan fingerprint density at radius 1 is 1.04 bits per heavy atom. The number of oxazole rings is 1. The molecule has 0 unspecified atom stereocenters. The van der Waals surface area contributed by atoms with Gasteiger partial charge in [-0.15, -0.1) is 0 Å². The van der Waals surface area contributed by atoms with E-state index in [1.54, 1.807) is 24.3 Å². The van der Waals surface area contributed by atoms with Gasteiger partial charge in [0, 0.05) is 11.3 Å². The number of nitrogens with zero attached hydrogens (tertiary/aromatic N) is 1. The van der Waals surface area contributed by atoms with E-state index >= 15 is 0 Å². The van der Waals surface area contributed by atoms with Crippen LogP contribution in [-0.2, 0) is 0 Å². The van der Waals surface area contributed by atoms with Gasteiger partial charge in [-0.25, -0.2) is 4.98 Å². The number of hydrogen-bond donors (Lipinski definition) is 1. The van der Waals surface area contributed by atoms with Gasteiger partial charge in [-0.3, -0.25) is 4.79 Å². The number of amides is 1. The van der Waals surface area contributed by atoms with Crippen LogP contribution in [0.4, 0.5) is 5.69 Å². The predicted octanol–water partition coefficient (Wildman–Crippen LogP) is 6.33. The molecule has 0 aliphatic rings. The predicted molar refractivity (Wildman–Crippen MR) is 113 cm³/mol. The smallest absolute Gasteiger partial charge is 0.257 e. The fourth-order valence-corrected chi connectivity index (χ4v) is 3.55. The summed E-state index contributed by atoms with van der Waals surface area (Å²) in [6.07, 6.45) is 0. The zero-order valence-electron chi connectivity index (χ0n) is 15.8. The van der Waals surface area contributed by atoms with Crippen molar-refractivity contribution in [3.05, 3.63) is 81.9 Å². The molecule has 0 atom stereocenters. The highest BCUT2D eigenvalue weighted by Gasteiger charge is 2.16. The number of benzene rings is 3. The van der Waals surface area contributed by atoms with Crippen LogP contribution in [0.3, 0.4) is 0 Å². The van der Waals surface area contributed by atoms with E-state index in [1.807, 2.05) is 45.0 Å². The quantitative estimate of drug-likeness (QED) is 0.445. The molecule has 0 saturated carbocycles. The molecule has 4 nitrogen and oxygen atoms in total. The van der Waals surface area contributed by atoms with Gasteiger partial charge in [0.2, 0.25) is 5.89 Å². The van der Waals surface area contributed by atoms with Crippen molar-refractivity contribution in [1.29, 1.82) is 0 Å². The molecule has 0 fully saturated rings. The average molecular weight is 391 g/mol. The van der Waals surface area contributed by atoms with Gasteiger partial charge < -0.3 is 9.73 Å². The number of anilines is 1. The van der Waals surface area contributed by atoms with Crippen LogP contribution in [-0.4, -0.2) is 10.9 Å². The third-order valence-corrected chi connectivity index (χ3v) is 5.08. The molecule has 0 saturated heterocycles. The van der Waals surface area contributed by atoms with Gasteiger partial charge in [-0.05, 0) is 67.8 Å². The summed E-state index contributed by atoms with van der Waals surface area (Å²) >= 11 is 6.14. The zero-order chi connectivity index (χ0) is 19.8. The van der Waals surface area contributed by atoms with Gasteiger partial charge in [0.25, 0.3) is 5.91 Å². The zero-order valence-corrected chi connectivity index (χ0v) is 16.6. The van der Waals surface area contributed by atoms with E-state index in [2.05, 4.69) is 16.4 Å². The summed E-state index contributed by atoms with van der Waals surface area (Å²) in [6.45, 7) is 5.98. The van der Waals surface area contributed by atoms with Crippen molar-refractivity contribution in [2.24, 2.45) is 0 Å². The van der Waals surface area contributed by atoms with Crippen LogP contribution in [0.15, 0.2) is 59.0 Å². The Morgan fingerprint density at radius 2 is 1.82 bits per heavy atom. The van der Waals surface area contributed by atoms with Crippen molar-refractivity contribution in [1.82, 2.24) is 4.98 Å². The minimum Gasteiger partial charge on any atom is -0.436 e. The van der Waals surface area contributed by atoms with Crippen LogP contribution < -0.4 is 5.32 Å². The van der Waals surface area contributed by atoms with Crippen molar-refractivity contribution in [3.63, 3.8) is 0 Å². The first-order chi connectivity index (χ1) is 13.4. The Morgan fingerprint density at radius 3 is 2.61 bits per heavy atom. The fraction of sp³-hybridized carbons (Fsp3) is 0.130. The highest BCUT2D eigenvalue weighted by Crippen LogP contribution is 2.32. The van der Waals surface area contributed by atoms with E-state index in [-0.39, 0.29) is 5.91 Å².